The third-order valence-corrected chi connectivity index (χ3v) is 0. The Kier molecular flexibility index (Phi) is 16.5. The minimum atomic E-state index is -4.33. The molecule has 2 N–H and O–H groups in total. The third kappa shape index (κ3) is 190. The molecule has 0 unspecified atom stereocenters. The van der Waals surface area contributed by atoms with Gasteiger partial charge in [0.25, 0.3) is 0 Å². The zero-order valence-electron chi connectivity index (χ0n) is 4.94. The minimum absolute atomic E-state index is 0. The van der Waals surface area contributed by atoms with Crippen LogP contribution in [0.2, 0.25) is 0 Å². The van der Waals surface area contributed by atoms with Crippen LogP contribution in [0, 0.1) is 0 Å². The predicted molar refractivity (Wildman–Crippen MR) is 23.4 cm³/mol. The maximum absolute atomic E-state index is 8.89. The summed E-state index contributed by atoms with van der Waals surface area (Å²) in [5.74, 6) is 0. The second-order valence-electron chi connectivity index (χ2n) is 0.408. The summed E-state index contributed by atoms with van der Waals surface area (Å²) in [6, 6.07) is 0. The summed E-state index contributed by atoms with van der Waals surface area (Å²) in [5, 5.41) is 12.0. The Labute approximate surface area is 74.8 Å². The van der Waals surface area contributed by atoms with Crippen molar-refractivity contribution in [3.8, 4) is 0 Å². The molecule has 0 saturated heterocycles. The van der Waals surface area contributed by atoms with Gasteiger partial charge >= 0.3 is 31.0 Å². The van der Waals surface area contributed by atoms with Crippen LogP contribution in [0.5, 0.6) is 0 Å². The molecule has 0 rings (SSSR count). The van der Waals surface area contributed by atoms with E-state index in [0.717, 1.165) is 0 Å². The molecule has 0 aromatic rings. The van der Waals surface area contributed by atoms with Crippen molar-refractivity contribution in [1.82, 2.24) is 0 Å². The molecule has 0 aromatic carbocycles. The van der Waals surface area contributed by atoms with E-state index in [4.69, 9.17) is 23.8 Å². The van der Waals surface area contributed by atoms with Crippen LogP contribution in [0.1, 0.15) is 1.43 Å². The minimum Gasteiger partial charge on any atom is -0.780 e. The van der Waals surface area contributed by atoms with E-state index in [1.165, 1.54) is 0 Å². The molecule has 0 atom stereocenters. The van der Waals surface area contributed by atoms with Gasteiger partial charge in [-0.3, -0.25) is 14.7 Å². The largest absolute Gasteiger partial charge is 1.00 e. The standard InChI is InChI=1S/Na.H2O3S2.H2O2/c;1-5(2,3)4;1-2/h;(H2,1,2,3,4);1-2H/q+1;;/p-1. The molecule has 8 heteroatoms. The van der Waals surface area contributed by atoms with Crippen molar-refractivity contribution in [1.29, 1.82) is 0 Å². The summed E-state index contributed by atoms with van der Waals surface area (Å²) >= 11 is 3.24. The van der Waals surface area contributed by atoms with Gasteiger partial charge in [0, 0.05) is 0 Å². The van der Waals surface area contributed by atoms with Crippen molar-refractivity contribution in [2.45, 2.75) is 0 Å². The Balaban J connectivity index is -0.0000000286. The van der Waals surface area contributed by atoms with Gasteiger partial charge in [-0.1, -0.05) is 0 Å². The van der Waals surface area contributed by atoms with Gasteiger partial charge in [-0.25, -0.2) is 0 Å². The monoisotopic (exact) mass is 170 g/mol. The van der Waals surface area contributed by atoms with E-state index >= 15 is 0 Å². The molecular weight excluding hydrogens is 167 g/mol. The second kappa shape index (κ2) is 8.21. The Hall–Kier alpha value is 1.21. The summed E-state index contributed by atoms with van der Waals surface area (Å²) in [5.41, 5.74) is 0. The van der Waals surface area contributed by atoms with Crippen LogP contribution in [0.15, 0.2) is 0 Å². The molecule has 0 fully saturated rings. The van der Waals surface area contributed by atoms with Crippen molar-refractivity contribution < 1.29 is 54.8 Å². The molecule has 0 aliphatic rings. The summed E-state index contributed by atoms with van der Waals surface area (Å²) in [4.78, 5) is 0. The third-order valence-electron chi connectivity index (χ3n) is 0. The van der Waals surface area contributed by atoms with Crippen LogP contribution in [0.3, 0.4) is 0 Å². The predicted octanol–water partition coefficient (Wildman–Crippen LogP) is -3.87. The maximum Gasteiger partial charge on any atom is 1.00 e. The first-order valence-electron chi connectivity index (χ1n) is 0.867. The van der Waals surface area contributed by atoms with Gasteiger partial charge in [-0.15, -0.1) is 9.05 Å². The van der Waals surface area contributed by atoms with Crippen molar-refractivity contribution in [3.63, 3.8) is 0 Å². The fourth-order valence-corrected chi connectivity index (χ4v) is 0. The summed E-state index contributed by atoms with van der Waals surface area (Å²) < 4.78 is 26.7. The number of hydrogen-bond donors (Lipinski definition) is 2. The van der Waals surface area contributed by atoms with Gasteiger partial charge in [-0.2, -0.15) is 0 Å². The van der Waals surface area contributed by atoms with Gasteiger partial charge in [0.15, 0.2) is 0 Å². The van der Waals surface area contributed by atoms with Gasteiger partial charge in [0.05, 0.1) is 0 Å². The maximum atomic E-state index is 8.89. The molecule has 0 aliphatic carbocycles. The first-order chi connectivity index (χ1) is 3.00. The molecule has 8 heavy (non-hydrogen) atoms. The summed E-state index contributed by atoms with van der Waals surface area (Å²) in [6.07, 6.45) is 0. The first kappa shape index (κ1) is 16.1. The van der Waals surface area contributed by atoms with Crippen molar-refractivity contribution in [2.24, 2.45) is 0 Å². The number of rotatable bonds is 0. The van der Waals surface area contributed by atoms with Crippen LogP contribution in [-0.4, -0.2) is 23.8 Å². The van der Waals surface area contributed by atoms with Crippen LogP contribution in [-0.2, 0) is 20.2 Å². The molecule has 0 spiro atoms. The van der Waals surface area contributed by atoms with Gasteiger partial charge in [0.2, 0.25) is 0 Å². The van der Waals surface area contributed by atoms with Gasteiger partial charge in [0.1, 0.15) is 0 Å². The molecule has 0 heterocycles. The van der Waals surface area contributed by atoms with E-state index in [0.29, 0.717) is 0 Å². The number of hydrogen-bond acceptors (Lipinski definition) is 6. The molecule has 0 bridgehead atoms. The Morgan fingerprint density at radius 1 is 1.50 bits per heavy atom. The topological polar surface area (TPSA) is 104 Å². The van der Waals surface area contributed by atoms with E-state index in [1.54, 1.807) is 0 Å². The fraction of sp³-hybridized carbons (Fsp3) is 0. The van der Waals surface area contributed by atoms with Crippen LogP contribution >= 0.6 is 0 Å². The normalized spacial score (nSPS) is 8.00. The first-order valence-corrected chi connectivity index (χ1v) is 3.20. The van der Waals surface area contributed by atoms with E-state index < -0.39 is 9.05 Å². The molecular formula is H3NaO5S2. The zero-order chi connectivity index (χ0) is 6.50. The quantitative estimate of drug-likeness (QED) is 0.219. The molecule has 0 radical (unpaired) electrons. The Morgan fingerprint density at radius 2 is 1.50 bits per heavy atom. The van der Waals surface area contributed by atoms with Gasteiger partial charge < -0.3 is 9.11 Å². The molecule has 0 aliphatic heterocycles. The van der Waals surface area contributed by atoms with Crippen molar-refractivity contribution in [2.75, 3.05) is 0 Å². The zero-order valence-corrected chi connectivity index (χ0v) is 7.57. The SMILES string of the molecule is O=S([O-])([O-])=S.OO.[H+].[Na+]. The van der Waals surface area contributed by atoms with E-state index in [1.807, 2.05) is 0 Å². The van der Waals surface area contributed by atoms with E-state index in [9.17, 15) is 0 Å². The van der Waals surface area contributed by atoms with Crippen LogP contribution in [0.4, 0.5) is 0 Å². The molecule has 0 saturated carbocycles. The Morgan fingerprint density at radius 3 is 1.50 bits per heavy atom. The average Bonchev–Trinajstić information content (AvgIpc) is 1.36. The molecule has 5 nitrogen and oxygen atoms in total. The van der Waals surface area contributed by atoms with Gasteiger partial charge in [-0.05, 0) is 11.2 Å². The smallest absolute Gasteiger partial charge is 0.780 e. The summed E-state index contributed by atoms with van der Waals surface area (Å²) in [6.45, 7) is 0. The van der Waals surface area contributed by atoms with E-state index in [-0.39, 0.29) is 31.0 Å². The van der Waals surface area contributed by atoms with Crippen LogP contribution in [0.25, 0.3) is 0 Å². The van der Waals surface area contributed by atoms with E-state index in [2.05, 4.69) is 11.2 Å². The molecule has 46 valence electrons. The molecule has 0 aromatic heterocycles. The average molecular weight is 170 g/mol. The van der Waals surface area contributed by atoms with Crippen molar-refractivity contribution >= 4 is 20.2 Å². The Bertz CT molecular complexity index is 98.1. The fourth-order valence-electron chi connectivity index (χ4n) is 0. The molecule has 0 amide bonds. The summed E-state index contributed by atoms with van der Waals surface area (Å²) in [7, 11) is -4.33. The van der Waals surface area contributed by atoms with Crippen LogP contribution < -0.4 is 29.6 Å². The second-order valence-corrected chi connectivity index (χ2v) is 2.45. The van der Waals surface area contributed by atoms with Crippen molar-refractivity contribution in [3.05, 3.63) is 0 Å².